The minimum Gasteiger partial charge on any atom is -0.478 e. The second kappa shape index (κ2) is 5.16. The van der Waals surface area contributed by atoms with E-state index in [1.54, 1.807) is 13.0 Å². The van der Waals surface area contributed by atoms with Gasteiger partial charge in [0.1, 0.15) is 0 Å². The number of benzene rings is 1. The Kier molecular flexibility index (Phi) is 3.57. The van der Waals surface area contributed by atoms with Crippen LogP contribution in [0.25, 0.3) is 0 Å². The maximum atomic E-state index is 11.8. The van der Waals surface area contributed by atoms with Gasteiger partial charge in [-0.2, -0.15) is 0 Å². The summed E-state index contributed by atoms with van der Waals surface area (Å²) in [5.74, 6) is -1.37. The van der Waals surface area contributed by atoms with E-state index in [0.717, 1.165) is 0 Å². The summed E-state index contributed by atoms with van der Waals surface area (Å²) in [6.45, 7) is 1.66. The number of carboxylic acid groups (broad SMARTS) is 1. The van der Waals surface area contributed by atoms with Gasteiger partial charge in [0.15, 0.2) is 11.0 Å². The van der Waals surface area contributed by atoms with Crippen LogP contribution in [0.4, 0.5) is 5.69 Å². The van der Waals surface area contributed by atoms with E-state index in [0.29, 0.717) is 11.3 Å². The van der Waals surface area contributed by atoms with Crippen LogP contribution in [0.15, 0.2) is 34.7 Å². The van der Waals surface area contributed by atoms with Crippen molar-refractivity contribution in [2.24, 2.45) is 0 Å². The van der Waals surface area contributed by atoms with Crippen molar-refractivity contribution in [1.29, 1.82) is 0 Å². The van der Waals surface area contributed by atoms with Gasteiger partial charge >= 0.3 is 5.97 Å². The molecule has 0 aliphatic heterocycles. The predicted octanol–water partition coefficient (Wildman–Crippen LogP) is 3.19. The Morgan fingerprint density at radius 2 is 2.00 bits per heavy atom. The summed E-state index contributed by atoms with van der Waals surface area (Å²) in [7, 11) is 0. The first-order chi connectivity index (χ1) is 8.97. The maximum Gasteiger partial charge on any atom is 0.335 e. The maximum absolute atomic E-state index is 11.8. The quantitative estimate of drug-likeness (QED) is 0.904. The summed E-state index contributed by atoms with van der Waals surface area (Å²) < 4.78 is 4.97. The average molecular weight is 280 g/mol. The molecule has 0 aliphatic rings. The standard InChI is InChI=1S/C13H10ClNO4/c1-7-6-8(2-3-9(7)13(17)18)15-12(16)10-4-5-11(14)19-10/h2-6H,1H3,(H,15,16)(H,17,18). The number of carbonyl (C=O) groups excluding carboxylic acids is 1. The molecular formula is C13H10ClNO4. The lowest BCUT2D eigenvalue weighted by Gasteiger charge is -2.06. The van der Waals surface area contributed by atoms with Crippen molar-refractivity contribution in [1.82, 2.24) is 0 Å². The topological polar surface area (TPSA) is 79.5 Å². The smallest absolute Gasteiger partial charge is 0.335 e. The van der Waals surface area contributed by atoms with Crippen molar-refractivity contribution in [3.8, 4) is 0 Å². The zero-order valence-corrected chi connectivity index (χ0v) is 10.7. The third-order valence-corrected chi connectivity index (χ3v) is 2.71. The van der Waals surface area contributed by atoms with E-state index in [-0.39, 0.29) is 16.5 Å². The zero-order chi connectivity index (χ0) is 14.0. The number of halogens is 1. The molecule has 0 radical (unpaired) electrons. The summed E-state index contributed by atoms with van der Waals surface area (Å²) in [6, 6.07) is 7.44. The van der Waals surface area contributed by atoms with Crippen molar-refractivity contribution in [3.05, 3.63) is 52.4 Å². The molecule has 0 saturated heterocycles. The fourth-order valence-electron chi connectivity index (χ4n) is 1.61. The molecule has 1 aromatic carbocycles. The van der Waals surface area contributed by atoms with Gasteiger partial charge in [0.25, 0.3) is 5.91 Å². The molecule has 0 atom stereocenters. The van der Waals surface area contributed by atoms with Gasteiger partial charge in [-0.3, -0.25) is 4.79 Å². The van der Waals surface area contributed by atoms with E-state index >= 15 is 0 Å². The molecule has 2 rings (SSSR count). The van der Waals surface area contributed by atoms with E-state index < -0.39 is 11.9 Å². The molecule has 0 spiro atoms. The Hall–Kier alpha value is -2.27. The van der Waals surface area contributed by atoms with Gasteiger partial charge in [0.05, 0.1) is 5.56 Å². The fraction of sp³-hybridized carbons (Fsp3) is 0.0769. The van der Waals surface area contributed by atoms with Crippen LogP contribution in [0.3, 0.4) is 0 Å². The van der Waals surface area contributed by atoms with Gasteiger partial charge in [0, 0.05) is 5.69 Å². The van der Waals surface area contributed by atoms with Crippen LogP contribution in [-0.2, 0) is 0 Å². The molecule has 98 valence electrons. The first-order valence-electron chi connectivity index (χ1n) is 5.38. The van der Waals surface area contributed by atoms with Crippen molar-refractivity contribution < 1.29 is 19.1 Å². The van der Waals surface area contributed by atoms with Crippen LogP contribution in [-0.4, -0.2) is 17.0 Å². The van der Waals surface area contributed by atoms with Crippen LogP contribution < -0.4 is 5.32 Å². The molecule has 2 aromatic rings. The van der Waals surface area contributed by atoms with Gasteiger partial charge < -0.3 is 14.8 Å². The molecule has 19 heavy (non-hydrogen) atoms. The summed E-state index contributed by atoms with van der Waals surface area (Å²) >= 11 is 5.58. The van der Waals surface area contributed by atoms with Gasteiger partial charge in [-0.25, -0.2) is 4.79 Å². The normalized spacial score (nSPS) is 10.2. The van der Waals surface area contributed by atoms with Crippen molar-refractivity contribution >= 4 is 29.2 Å². The monoisotopic (exact) mass is 279 g/mol. The average Bonchev–Trinajstić information content (AvgIpc) is 2.75. The molecule has 2 N–H and O–H groups in total. The molecule has 5 nitrogen and oxygen atoms in total. The lowest BCUT2D eigenvalue weighted by molar-refractivity contribution is 0.0696. The summed E-state index contributed by atoms with van der Waals surface area (Å²) in [6.07, 6.45) is 0. The highest BCUT2D eigenvalue weighted by molar-refractivity contribution is 6.29. The lowest BCUT2D eigenvalue weighted by Crippen LogP contribution is -2.11. The van der Waals surface area contributed by atoms with Crippen LogP contribution in [0, 0.1) is 6.92 Å². The highest BCUT2D eigenvalue weighted by Gasteiger charge is 2.12. The number of aryl methyl sites for hydroxylation is 1. The van der Waals surface area contributed by atoms with Crippen molar-refractivity contribution in [2.45, 2.75) is 6.92 Å². The minimum absolute atomic E-state index is 0.0879. The van der Waals surface area contributed by atoms with Gasteiger partial charge in [-0.1, -0.05) is 0 Å². The minimum atomic E-state index is -1.01. The third-order valence-electron chi connectivity index (χ3n) is 2.51. The second-order valence-electron chi connectivity index (χ2n) is 3.89. The highest BCUT2D eigenvalue weighted by atomic mass is 35.5. The molecule has 0 fully saturated rings. The molecule has 1 aromatic heterocycles. The molecular weight excluding hydrogens is 270 g/mol. The van der Waals surface area contributed by atoms with E-state index in [1.807, 2.05) is 0 Å². The Morgan fingerprint density at radius 3 is 2.53 bits per heavy atom. The number of amides is 1. The number of carboxylic acids is 1. The Labute approximate surface area is 113 Å². The number of anilines is 1. The van der Waals surface area contributed by atoms with Crippen LogP contribution in [0.1, 0.15) is 26.5 Å². The number of hydrogen-bond acceptors (Lipinski definition) is 3. The molecule has 0 aliphatic carbocycles. The SMILES string of the molecule is Cc1cc(NC(=O)c2ccc(Cl)o2)ccc1C(=O)O. The predicted molar refractivity (Wildman–Crippen MR) is 69.8 cm³/mol. The van der Waals surface area contributed by atoms with Crippen LogP contribution >= 0.6 is 11.6 Å². The second-order valence-corrected chi connectivity index (χ2v) is 4.27. The molecule has 0 bridgehead atoms. The first-order valence-corrected chi connectivity index (χ1v) is 5.76. The first kappa shape index (κ1) is 13.2. The van der Waals surface area contributed by atoms with Gasteiger partial charge in [0.2, 0.25) is 0 Å². The molecule has 6 heteroatoms. The number of carbonyl (C=O) groups is 2. The molecule has 1 heterocycles. The van der Waals surface area contributed by atoms with Crippen LogP contribution in [0.2, 0.25) is 5.22 Å². The number of furan rings is 1. The molecule has 0 unspecified atom stereocenters. The summed E-state index contributed by atoms with van der Waals surface area (Å²) in [5, 5.41) is 11.6. The highest BCUT2D eigenvalue weighted by Crippen LogP contribution is 2.18. The molecule has 1 amide bonds. The number of rotatable bonds is 3. The van der Waals surface area contributed by atoms with E-state index in [1.165, 1.54) is 24.3 Å². The third kappa shape index (κ3) is 2.95. The summed E-state index contributed by atoms with van der Waals surface area (Å²) in [5.41, 5.74) is 1.24. The number of nitrogens with one attached hydrogen (secondary N) is 1. The Bertz CT molecular complexity index is 648. The van der Waals surface area contributed by atoms with Crippen molar-refractivity contribution in [2.75, 3.05) is 5.32 Å². The Balaban J connectivity index is 2.18. The summed E-state index contributed by atoms with van der Waals surface area (Å²) in [4.78, 5) is 22.6. The largest absolute Gasteiger partial charge is 0.478 e. The van der Waals surface area contributed by atoms with Crippen LogP contribution in [0.5, 0.6) is 0 Å². The van der Waals surface area contributed by atoms with E-state index in [4.69, 9.17) is 21.1 Å². The molecule has 0 saturated carbocycles. The number of aromatic carboxylic acids is 1. The van der Waals surface area contributed by atoms with Gasteiger partial charge in [-0.05, 0) is 54.4 Å². The van der Waals surface area contributed by atoms with Crippen molar-refractivity contribution in [3.63, 3.8) is 0 Å². The lowest BCUT2D eigenvalue weighted by atomic mass is 10.1. The van der Waals surface area contributed by atoms with E-state index in [9.17, 15) is 9.59 Å². The zero-order valence-electron chi connectivity index (χ0n) is 9.94. The Morgan fingerprint density at radius 1 is 1.26 bits per heavy atom. The fourth-order valence-corrected chi connectivity index (χ4v) is 1.76. The van der Waals surface area contributed by atoms with E-state index in [2.05, 4.69) is 5.32 Å². The van der Waals surface area contributed by atoms with Gasteiger partial charge in [-0.15, -0.1) is 0 Å². The number of hydrogen-bond donors (Lipinski definition) is 2.